The molecule has 0 fully saturated rings. The summed E-state index contributed by atoms with van der Waals surface area (Å²) in [6.45, 7) is 14.6. The van der Waals surface area contributed by atoms with Gasteiger partial charge in [0.15, 0.2) is 0 Å². The van der Waals surface area contributed by atoms with Gasteiger partial charge in [-0.05, 0) is 12.3 Å². The molecule has 0 aromatic carbocycles. The summed E-state index contributed by atoms with van der Waals surface area (Å²) in [6.07, 6.45) is 1.75. The molecule has 0 spiro atoms. The Hall–Kier alpha value is -0.790. The molecule has 0 saturated carbocycles. The van der Waals surface area contributed by atoms with E-state index in [0.29, 0.717) is 24.5 Å². The first-order valence-electron chi connectivity index (χ1n) is 5.70. The molecule has 0 radical (unpaired) electrons. The van der Waals surface area contributed by atoms with E-state index >= 15 is 0 Å². The highest BCUT2D eigenvalue weighted by molar-refractivity contribution is 5.87. The smallest absolute Gasteiger partial charge is 0.333 e. The summed E-state index contributed by atoms with van der Waals surface area (Å²) in [5.74, 6) is 0.286. The number of hydrogen-bond acceptors (Lipinski definition) is 2. The van der Waals surface area contributed by atoms with Crippen molar-refractivity contribution in [2.75, 3.05) is 6.61 Å². The van der Waals surface area contributed by atoms with Crippen LogP contribution >= 0.6 is 0 Å². The Morgan fingerprint density at radius 1 is 1.40 bits per heavy atom. The van der Waals surface area contributed by atoms with Crippen LogP contribution in [0.4, 0.5) is 0 Å². The van der Waals surface area contributed by atoms with E-state index in [0.717, 1.165) is 6.42 Å². The van der Waals surface area contributed by atoms with Gasteiger partial charge in [0.05, 0.1) is 6.61 Å². The van der Waals surface area contributed by atoms with Crippen LogP contribution in [-0.2, 0) is 9.53 Å². The molecule has 0 saturated heterocycles. The van der Waals surface area contributed by atoms with E-state index < -0.39 is 0 Å². The number of rotatable bonds is 6. The minimum Gasteiger partial charge on any atom is -0.462 e. The molecule has 0 rings (SSSR count). The minimum atomic E-state index is -0.256. The Morgan fingerprint density at radius 3 is 2.33 bits per heavy atom. The number of hydrogen-bond donors (Lipinski definition) is 0. The van der Waals surface area contributed by atoms with Crippen LogP contribution in [0, 0.1) is 11.3 Å². The number of esters is 1. The molecule has 1 atom stereocenters. The Bertz CT molecular complexity index is 229. The van der Waals surface area contributed by atoms with Crippen molar-refractivity contribution < 1.29 is 9.53 Å². The van der Waals surface area contributed by atoms with Gasteiger partial charge in [-0.25, -0.2) is 4.79 Å². The first-order valence-corrected chi connectivity index (χ1v) is 5.70. The molecule has 2 heteroatoms. The zero-order valence-electron chi connectivity index (χ0n) is 10.7. The van der Waals surface area contributed by atoms with E-state index in [1.54, 1.807) is 0 Å². The molecule has 15 heavy (non-hydrogen) atoms. The molecule has 0 aliphatic carbocycles. The fraction of sp³-hybridized carbons (Fsp3) is 0.769. The Morgan fingerprint density at radius 2 is 1.93 bits per heavy atom. The lowest BCUT2D eigenvalue weighted by atomic mass is 9.79. The molecule has 2 nitrogen and oxygen atoms in total. The maximum atomic E-state index is 11.4. The van der Waals surface area contributed by atoms with E-state index in [4.69, 9.17) is 4.74 Å². The lowest BCUT2D eigenvalue weighted by molar-refractivity contribution is -0.143. The summed E-state index contributed by atoms with van der Waals surface area (Å²) in [7, 11) is 0. The van der Waals surface area contributed by atoms with Gasteiger partial charge in [-0.2, -0.15) is 0 Å². The molecule has 0 heterocycles. The lowest BCUT2D eigenvalue weighted by Gasteiger charge is -2.30. The van der Waals surface area contributed by atoms with Gasteiger partial charge in [0.1, 0.15) is 0 Å². The molecule has 0 N–H and O–H groups in total. The van der Waals surface area contributed by atoms with E-state index in [9.17, 15) is 4.79 Å². The summed E-state index contributed by atoms with van der Waals surface area (Å²) in [5.41, 5.74) is 0.591. The third-order valence-electron chi connectivity index (χ3n) is 3.24. The van der Waals surface area contributed by atoms with E-state index in [1.807, 2.05) is 6.92 Å². The van der Waals surface area contributed by atoms with Crippen LogP contribution in [-0.4, -0.2) is 12.6 Å². The van der Waals surface area contributed by atoms with E-state index in [2.05, 4.69) is 34.3 Å². The van der Waals surface area contributed by atoms with Crippen LogP contribution in [0.15, 0.2) is 12.2 Å². The van der Waals surface area contributed by atoms with Crippen molar-refractivity contribution in [2.45, 2.75) is 47.5 Å². The van der Waals surface area contributed by atoms with Crippen molar-refractivity contribution >= 4 is 5.97 Å². The SMILES string of the molecule is C=C(CC)C(=O)OCC(C)(C)C(C)CC. The van der Waals surface area contributed by atoms with Gasteiger partial charge < -0.3 is 4.74 Å². The van der Waals surface area contributed by atoms with Crippen molar-refractivity contribution in [3.05, 3.63) is 12.2 Å². The molecule has 0 aliphatic heterocycles. The first kappa shape index (κ1) is 14.2. The van der Waals surface area contributed by atoms with Crippen molar-refractivity contribution in [3.63, 3.8) is 0 Å². The monoisotopic (exact) mass is 212 g/mol. The fourth-order valence-electron chi connectivity index (χ4n) is 1.19. The molecule has 0 aliphatic rings. The summed E-state index contributed by atoms with van der Waals surface area (Å²) >= 11 is 0. The summed E-state index contributed by atoms with van der Waals surface area (Å²) in [4.78, 5) is 11.4. The Kier molecular flexibility index (Phi) is 5.63. The Labute approximate surface area is 93.7 Å². The fourth-order valence-corrected chi connectivity index (χ4v) is 1.19. The molecule has 0 bridgehead atoms. The van der Waals surface area contributed by atoms with Crippen LogP contribution in [0.1, 0.15) is 47.5 Å². The van der Waals surface area contributed by atoms with Crippen LogP contribution in [0.3, 0.4) is 0 Å². The summed E-state index contributed by atoms with van der Waals surface area (Å²) in [5, 5.41) is 0. The molecule has 0 aromatic rings. The van der Waals surface area contributed by atoms with Crippen molar-refractivity contribution in [1.82, 2.24) is 0 Å². The molecule has 0 aromatic heterocycles. The number of carbonyl (C=O) groups is 1. The van der Waals surface area contributed by atoms with Gasteiger partial charge in [-0.1, -0.05) is 47.6 Å². The molecule has 88 valence electrons. The normalized spacial score (nSPS) is 13.4. The topological polar surface area (TPSA) is 26.3 Å². The van der Waals surface area contributed by atoms with Gasteiger partial charge >= 0.3 is 5.97 Å². The zero-order chi connectivity index (χ0) is 12.1. The highest BCUT2D eigenvalue weighted by Gasteiger charge is 2.26. The standard InChI is InChI=1S/C13H24O2/c1-7-10(3)12(14)15-9-13(5,6)11(4)8-2/h11H,3,7-9H2,1-2,4-6H3. The number of ether oxygens (including phenoxy) is 1. The molecular formula is C13H24O2. The predicted molar refractivity (Wildman–Crippen MR) is 63.6 cm³/mol. The molecule has 0 amide bonds. The third kappa shape index (κ3) is 4.50. The van der Waals surface area contributed by atoms with E-state index in [-0.39, 0.29) is 11.4 Å². The Balaban J connectivity index is 4.15. The van der Waals surface area contributed by atoms with Crippen LogP contribution < -0.4 is 0 Å². The average Bonchev–Trinajstić information content (AvgIpc) is 2.23. The maximum Gasteiger partial charge on any atom is 0.333 e. The zero-order valence-corrected chi connectivity index (χ0v) is 10.7. The van der Waals surface area contributed by atoms with Gasteiger partial charge in [0, 0.05) is 11.0 Å². The first-order chi connectivity index (χ1) is 6.85. The van der Waals surface area contributed by atoms with E-state index in [1.165, 1.54) is 0 Å². The quantitative estimate of drug-likeness (QED) is 0.497. The second-order valence-electron chi connectivity index (χ2n) is 4.83. The predicted octanol–water partition coefficient (Wildman–Crippen LogP) is 3.57. The van der Waals surface area contributed by atoms with Crippen molar-refractivity contribution in [1.29, 1.82) is 0 Å². The van der Waals surface area contributed by atoms with Gasteiger partial charge in [0.25, 0.3) is 0 Å². The highest BCUT2D eigenvalue weighted by atomic mass is 16.5. The van der Waals surface area contributed by atoms with Crippen molar-refractivity contribution in [3.8, 4) is 0 Å². The number of carbonyl (C=O) groups excluding carboxylic acids is 1. The second kappa shape index (κ2) is 5.94. The molecule has 1 unspecified atom stereocenters. The highest BCUT2D eigenvalue weighted by Crippen LogP contribution is 2.29. The summed E-state index contributed by atoms with van der Waals surface area (Å²) in [6, 6.07) is 0. The molecular weight excluding hydrogens is 188 g/mol. The van der Waals surface area contributed by atoms with Gasteiger partial charge in [0.2, 0.25) is 0 Å². The minimum absolute atomic E-state index is 0.0401. The third-order valence-corrected chi connectivity index (χ3v) is 3.24. The van der Waals surface area contributed by atoms with Crippen LogP contribution in [0.25, 0.3) is 0 Å². The van der Waals surface area contributed by atoms with Gasteiger partial charge in [-0.3, -0.25) is 0 Å². The van der Waals surface area contributed by atoms with Crippen LogP contribution in [0.5, 0.6) is 0 Å². The average molecular weight is 212 g/mol. The lowest BCUT2D eigenvalue weighted by Crippen LogP contribution is -2.28. The second-order valence-corrected chi connectivity index (χ2v) is 4.83. The largest absolute Gasteiger partial charge is 0.462 e. The van der Waals surface area contributed by atoms with Crippen LogP contribution in [0.2, 0.25) is 0 Å². The van der Waals surface area contributed by atoms with Gasteiger partial charge in [-0.15, -0.1) is 0 Å². The maximum absolute atomic E-state index is 11.4. The summed E-state index contributed by atoms with van der Waals surface area (Å²) < 4.78 is 5.24. The van der Waals surface area contributed by atoms with Crippen molar-refractivity contribution in [2.24, 2.45) is 11.3 Å².